The summed E-state index contributed by atoms with van der Waals surface area (Å²) in [7, 11) is -16.6. The smallest absolute Gasteiger partial charge is 0.390 e. The molecule has 0 radical (unpaired) electrons. The number of anilines is 1. The van der Waals surface area contributed by atoms with Gasteiger partial charge < -0.3 is 40.9 Å². The zero-order valence-electron chi connectivity index (χ0n) is 16.0. The van der Waals surface area contributed by atoms with Crippen LogP contribution in [-0.2, 0) is 31.6 Å². The van der Waals surface area contributed by atoms with Crippen LogP contribution in [0.3, 0.4) is 0 Å². The monoisotopic (exact) mass is 522 g/mol. The third kappa shape index (κ3) is 7.93. The van der Waals surface area contributed by atoms with E-state index in [1.54, 1.807) is 6.08 Å². The minimum absolute atomic E-state index is 0.0706. The lowest BCUT2D eigenvalue weighted by Gasteiger charge is -2.19. The van der Waals surface area contributed by atoms with Gasteiger partial charge in [0.15, 0.2) is 0 Å². The minimum Gasteiger partial charge on any atom is -0.390 e. The Balaban J connectivity index is 2.07. The van der Waals surface area contributed by atoms with Crippen molar-refractivity contribution < 1.29 is 56.3 Å². The van der Waals surface area contributed by atoms with Crippen molar-refractivity contribution in [3.8, 4) is 0 Å². The van der Waals surface area contributed by atoms with Gasteiger partial charge in [-0.1, -0.05) is 12.2 Å². The predicted octanol–water partition coefficient (Wildman–Crippen LogP) is -1.21. The zero-order valence-corrected chi connectivity index (χ0v) is 18.7. The third-order valence-electron chi connectivity index (χ3n) is 3.78. The summed E-state index contributed by atoms with van der Waals surface area (Å²) in [5.74, 6) is -0.0706. The maximum atomic E-state index is 12.1. The highest BCUT2D eigenvalue weighted by molar-refractivity contribution is 7.66. The summed E-state index contributed by atoms with van der Waals surface area (Å²) in [5.41, 5.74) is 10.6. The van der Waals surface area contributed by atoms with Gasteiger partial charge in [0.2, 0.25) is 0 Å². The van der Waals surface area contributed by atoms with Crippen LogP contribution in [0.2, 0.25) is 0 Å². The number of aliphatic hydroxyl groups excluding tert-OH is 1. The number of rotatable bonds is 10. The van der Waals surface area contributed by atoms with Crippen LogP contribution >= 0.6 is 23.5 Å². The Morgan fingerprint density at radius 3 is 2.47 bits per heavy atom. The highest BCUT2D eigenvalue weighted by Crippen LogP contribution is 2.66. The Kier molecular flexibility index (Phi) is 8.70. The second-order valence-corrected chi connectivity index (χ2v) is 10.6. The summed E-state index contributed by atoms with van der Waals surface area (Å²) in [4.78, 5) is 51.4. The number of phosphoric ester groups is 1. The molecule has 1 aliphatic rings. The Morgan fingerprint density at radius 1 is 1.22 bits per heavy atom. The molecule has 2 heterocycles. The van der Waals surface area contributed by atoms with E-state index in [-0.39, 0.29) is 18.8 Å². The van der Waals surface area contributed by atoms with Crippen LogP contribution in [0.25, 0.3) is 6.08 Å². The van der Waals surface area contributed by atoms with Gasteiger partial charge in [-0.25, -0.2) is 18.5 Å². The molecule has 0 aromatic carbocycles. The van der Waals surface area contributed by atoms with E-state index in [9.17, 15) is 28.5 Å². The normalized spacial score (nSPS) is 25.6. The average molecular weight is 522 g/mol. The molecule has 1 aromatic heterocycles. The van der Waals surface area contributed by atoms with Crippen molar-refractivity contribution in [2.75, 3.05) is 18.9 Å². The molecule has 1 fully saturated rings. The molecule has 1 saturated heterocycles. The fourth-order valence-electron chi connectivity index (χ4n) is 2.53. The molecule has 5 atom stereocenters. The highest BCUT2D eigenvalue weighted by atomic mass is 31.3. The van der Waals surface area contributed by atoms with Crippen molar-refractivity contribution in [3.05, 3.63) is 28.3 Å². The second kappa shape index (κ2) is 10.3. The molecule has 1 aromatic rings. The molecule has 182 valence electrons. The number of nitrogens with two attached hydrogens (primary N) is 2. The molecule has 1 aliphatic heterocycles. The first kappa shape index (κ1) is 27.0. The summed E-state index contributed by atoms with van der Waals surface area (Å²) in [6, 6.07) is 0. The molecular weight excluding hydrogens is 501 g/mol. The van der Waals surface area contributed by atoms with Crippen molar-refractivity contribution in [2.45, 2.75) is 24.9 Å². The molecule has 2 rings (SSSR count). The second-order valence-electron chi connectivity index (χ2n) is 6.23. The highest BCUT2D eigenvalue weighted by Gasteiger charge is 2.43. The standard InChI is InChI=1S/C12H21N4O13P3/c13-3-1-2-7-5-16(12(18)15-11(7)14)10-4-8(17)9(27-10)6-26-31(22,23)29-32(24,25)28-30(19,20)21/h1-2,5,8-10,17H,3-4,6,13H2,(H,22,23)(H,24,25)(H2,14,15,18)(H2,19,20,21)/b2-1+/t8-,9+,10+/m0/s1. The lowest BCUT2D eigenvalue weighted by atomic mass is 10.2. The first-order valence-corrected chi connectivity index (χ1v) is 13.0. The summed E-state index contributed by atoms with van der Waals surface area (Å²) in [6.07, 6.45) is 0.492. The van der Waals surface area contributed by atoms with Crippen molar-refractivity contribution in [1.82, 2.24) is 9.55 Å². The van der Waals surface area contributed by atoms with Crippen LogP contribution in [0.1, 0.15) is 18.2 Å². The number of aliphatic hydroxyl groups is 1. The lowest BCUT2D eigenvalue weighted by molar-refractivity contribution is -0.0449. The first-order valence-electron chi connectivity index (χ1n) is 8.49. The van der Waals surface area contributed by atoms with Crippen molar-refractivity contribution in [2.24, 2.45) is 5.73 Å². The summed E-state index contributed by atoms with van der Waals surface area (Å²) in [5, 5.41) is 10.1. The van der Waals surface area contributed by atoms with E-state index in [1.807, 2.05) is 0 Å². The van der Waals surface area contributed by atoms with Crippen LogP contribution in [0, 0.1) is 0 Å². The maximum Gasteiger partial charge on any atom is 0.490 e. The van der Waals surface area contributed by atoms with E-state index in [2.05, 4.69) is 18.1 Å². The van der Waals surface area contributed by atoms with Crippen LogP contribution in [-0.4, -0.2) is 59.6 Å². The van der Waals surface area contributed by atoms with Gasteiger partial charge in [-0.3, -0.25) is 9.09 Å². The van der Waals surface area contributed by atoms with Gasteiger partial charge in [0.25, 0.3) is 0 Å². The molecule has 0 amide bonds. The largest absolute Gasteiger partial charge is 0.490 e. The molecule has 0 bridgehead atoms. The minimum atomic E-state index is -5.68. The summed E-state index contributed by atoms with van der Waals surface area (Å²) in [6.45, 7) is -0.682. The molecule has 0 spiro atoms. The van der Waals surface area contributed by atoms with E-state index in [0.29, 0.717) is 5.56 Å². The van der Waals surface area contributed by atoms with Gasteiger partial charge in [0.05, 0.1) is 12.7 Å². The van der Waals surface area contributed by atoms with E-state index >= 15 is 0 Å². The first-order chi connectivity index (χ1) is 14.6. The van der Waals surface area contributed by atoms with Crippen LogP contribution in [0.5, 0.6) is 0 Å². The number of nitrogen functional groups attached to an aromatic ring is 1. The predicted molar refractivity (Wildman–Crippen MR) is 105 cm³/mol. The topological polar surface area (TPSA) is 276 Å². The number of phosphoric acid groups is 3. The Bertz CT molecular complexity index is 1060. The molecular formula is C12H21N4O13P3. The van der Waals surface area contributed by atoms with Gasteiger partial charge in [-0.05, 0) is 0 Å². The van der Waals surface area contributed by atoms with Crippen molar-refractivity contribution >= 4 is 35.4 Å². The van der Waals surface area contributed by atoms with Gasteiger partial charge in [0, 0.05) is 24.7 Å². The molecule has 9 N–H and O–H groups in total. The average Bonchev–Trinajstić information content (AvgIpc) is 2.97. The Labute approximate surface area is 179 Å². The van der Waals surface area contributed by atoms with Crippen LogP contribution in [0.15, 0.2) is 17.1 Å². The van der Waals surface area contributed by atoms with E-state index in [4.69, 9.17) is 30.9 Å². The molecule has 20 heteroatoms. The van der Waals surface area contributed by atoms with Gasteiger partial charge in [-0.15, -0.1) is 0 Å². The molecule has 0 saturated carbocycles. The van der Waals surface area contributed by atoms with Gasteiger partial charge in [-0.2, -0.15) is 13.6 Å². The number of aromatic nitrogens is 2. The molecule has 17 nitrogen and oxygen atoms in total. The quantitative estimate of drug-likeness (QED) is 0.177. The van der Waals surface area contributed by atoms with Crippen LogP contribution in [0.4, 0.5) is 5.82 Å². The third-order valence-corrected chi connectivity index (χ3v) is 7.58. The molecule has 32 heavy (non-hydrogen) atoms. The number of nitrogens with zero attached hydrogens (tertiary/aromatic N) is 2. The van der Waals surface area contributed by atoms with Crippen LogP contribution < -0.4 is 17.2 Å². The van der Waals surface area contributed by atoms with Gasteiger partial charge in [0.1, 0.15) is 18.1 Å². The van der Waals surface area contributed by atoms with Gasteiger partial charge >= 0.3 is 29.2 Å². The molecule has 0 aliphatic carbocycles. The Hall–Kier alpha value is -1.29. The SMILES string of the molecule is NC/C=C/c1cn([C@H]2C[C@H](O)[C@@H](COP(=O)(O)OP(=O)(O)OP(=O)(O)O)O2)c(=O)nc1N. The summed E-state index contributed by atoms with van der Waals surface area (Å²) >= 11 is 0. The number of hydrogen-bond acceptors (Lipinski definition) is 12. The van der Waals surface area contributed by atoms with E-state index in [1.165, 1.54) is 12.3 Å². The zero-order chi connectivity index (χ0) is 24.3. The lowest BCUT2D eigenvalue weighted by Crippen LogP contribution is -2.29. The van der Waals surface area contributed by atoms with Crippen molar-refractivity contribution in [1.29, 1.82) is 0 Å². The number of hydrogen-bond donors (Lipinski definition) is 7. The Morgan fingerprint density at radius 2 is 1.88 bits per heavy atom. The fraction of sp³-hybridized carbons (Fsp3) is 0.500. The number of ether oxygens (including phenoxy) is 1. The van der Waals surface area contributed by atoms with E-state index < -0.39 is 54.2 Å². The van der Waals surface area contributed by atoms with Crippen molar-refractivity contribution in [3.63, 3.8) is 0 Å². The molecule has 2 unspecified atom stereocenters. The van der Waals surface area contributed by atoms with E-state index in [0.717, 1.165) is 4.57 Å². The summed E-state index contributed by atoms with van der Waals surface area (Å²) < 4.78 is 51.7. The maximum absolute atomic E-state index is 12.1. The fourth-order valence-corrected chi connectivity index (χ4v) is 5.56.